The summed E-state index contributed by atoms with van der Waals surface area (Å²) in [6, 6.07) is 10.4. The lowest BCUT2D eigenvalue weighted by Gasteiger charge is -2.13. The van der Waals surface area contributed by atoms with Crippen molar-refractivity contribution in [1.29, 1.82) is 0 Å². The molecule has 0 aliphatic heterocycles. The highest BCUT2D eigenvalue weighted by atomic mass is 79.9. The van der Waals surface area contributed by atoms with Gasteiger partial charge < -0.3 is 11.1 Å². The second kappa shape index (κ2) is 5.95. The first-order valence-electron chi connectivity index (χ1n) is 5.81. The van der Waals surface area contributed by atoms with Crippen molar-refractivity contribution in [1.82, 2.24) is 4.98 Å². The number of nitrogens with zero attached hydrogens (tertiary/aromatic N) is 1. The predicted molar refractivity (Wildman–Crippen MR) is 78.7 cm³/mol. The zero-order chi connectivity index (χ0) is 13.8. The Kier molecular flexibility index (Phi) is 4.29. The first kappa shape index (κ1) is 13.7. The minimum atomic E-state index is -0.701. The van der Waals surface area contributed by atoms with Gasteiger partial charge in [0.1, 0.15) is 10.6 Å². The number of carbonyl (C=O) groups excluding carboxylic acids is 1. The summed E-state index contributed by atoms with van der Waals surface area (Å²) in [4.78, 5) is 16.1. The molecule has 2 aromatic rings. The lowest BCUT2D eigenvalue weighted by molar-refractivity contribution is -0.117. The molecule has 98 valence electrons. The van der Waals surface area contributed by atoms with E-state index in [1.807, 2.05) is 31.2 Å². The molecule has 0 radical (unpaired) electrons. The number of aryl methyl sites for hydroxylation is 1. The lowest BCUT2D eigenvalue weighted by atomic mass is 10.1. The quantitative estimate of drug-likeness (QED) is 0.855. The van der Waals surface area contributed by atoms with Gasteiger partial charge in [-0.3, -0.25) is 4.79 Å². The van der Waals surface area contributed by atoms with Gasteiger partial charge >= 0.3 is 0 Å². The number of hydrogen-bond acceptors (Lipinski definition) is 3. The molecular formula is C14H14BrN3O. The van der Waals surface area contributed by atoms with Gasteiger partial charge in [-0.1, -0.05) is 29.8 Å². The van der Waals surface area contributed by atoms with Crippen molar-refractivity contribution in [3.8, 4) is 0 Å². The molecule has 0 aliphatic carbocycles. The van der Waals surface area contributed by atoms with E-state index in [1.54, 1.807) is 18.3 Å². The van der Waals surface area contributed by atoms with E-state index in [1.165, 1.54) is 0 Å². The van der Waals surface area contributed by atoms with Gasteiger partial charge in [-0.2, -0.15) is 0 Å². The minimum Gasteiger partial charge on any atom is -0.322 e. The van der Waals surface area contributed by atoms with Gasteiger partial charge in [0, 0.05) is 6.20 Å². The minimum absolute atomic E-state index is 0.266. The lowest BCUT2D eigenvalue weighted by Crippen LogP contribution is -2.27. The fourth-order valence-electron chi connectivity index (χ4n) is 1.61. The number of hydrogen-bond donors (Lipinski definition) is 2. The highest BCUT2D eigenvalue weighted by Crippen LogP contribution is 2.20. The highest BCUT2D eigenvalue weighted by Gasteiger charge is 2.16. The number of halogens is 1. The molecule has 5 heteroatoms. The van der Waals surface area contributed by atoms with Gasteiger partial charge in [0.2, 0.25) is 5.91 Å². The third kappa shape index (κ3) is 3.39. The Hall–Kier alpha value is -1.72. The molecule has 1 unspecified atom stereocenters. The fraction of sp³-hybridized carbons (Fsp3) is 0.143. The molecule has 0 bridgehead atoms. The standard InChI is InChI=1S/C14H14BrN3O/c1-9-4-6-10(7-5-9)12(16)14(19)18-11-3-2-8-17-13(11)15/h2-8,12H,16H2,1H3,(H,18,19). The average Bonchev–Trinajstić information content (AvgIpc) is 2.41. The maximum Gasteiger partial charge on any atom is 0.245 e. The van der Waals surface area contributed by atoms with Gasteiger partial charge in [-0.15, -0.1) is 0 Å². The topological polar surface area (TPSA) is 68.0 Å². The van der Waals surface area contributed by atoms with Crippen molar-refractivity contribution >= 4 is 27.5 Å². The Morgan fingerprint density at radius 2 is 2.00 bits per heavy atom. The van der Waals surface area contributed by atoms with Crippen LogP contribution in [0.1, 0.15) is 17.2 Å². The van der Waals surface area contributed by atoms with Crippen LogP contribution in [0.2, 0.25) is 0 Å². The van der Waals surface area contributed by atoms with E-state index in [0.29, 0.717) is 10.3 Å². The van der Waals surface area contributed by atoms with Gasteiger partial charge in [0.05, 0.1) is 5.69 Å². The van der Waals surface area contributed by atoms with Gasteiger partial charge in [0.25, 0.3) is 0 Å². The maximum atomic E-state index is 12.1. The number of rotatable bonds is 3. The zero-order valence-electron chi connectivity index (χ0n) is 10.4. The number of benzene rings is 1. The summed E-state index contributed by atoms with van der Waals surface area (Å²) in [6.07, 6.45) is 1.64. The number of aromatic nitrogens is 1. The SMILES string of the molecule is Cc1ccc(C(N)C(=O)Nc2cccnc2Br)cc1. The van der Waals surface area contributed by atoms with Crippen molar-refractivity contribution in [2.45, 2.75) is 13.0 Å². The molecule has 1 aromatic carbocycles. The Morgan fingerprint density at radius 1 is 1.32 bits per heavy atom. The molecule has 3 N–H and O–H groups in total. The summed E-state index contributed by atoms with van der Waals surface area (Å²) in [5.41, 5.74) is 8.46. The molecule has 4 nitrogen and oxygen atoms in total. The van der Waals surface area contributed by atoms with Crippen LogP contribution >= 0.6 is 15.9 Å². The van der Waals surface area contributed by atoms with E-state index in [-0.39, 0.29) is 5.91 Å². The van der Waals surface area contributed by atoms with Crippen LogP contribution in [-0.2, 0) is 4.79 Å². The molecule has 19 heavy (non-hydrogen) atoms. The van der Waals surface area contributed by atoms with Gasteiger partial charge in [0.15, 0.2) is 0 Å². The van der Waals surface area contributed by atoms with Crippen molar-refractivity contribution in [2.75, 3.05) is 5.32 Å². The fourth-order valence-corrected chi connectivity index (χ4v) is 1.96. The average molecular weight is 320 g/mol. The second-order valence-corrected chi connectivity index (χ2v) is 4.97. The van der Waals surface area contributed by atoms with Crippen LogP contribution in [0, 0.1) is 6.92 Å². The normalized spacial score (nSPS) is 11.9. The molecular weight excluding hydrogens is 306 g/mol. The van der Waals surface area contributed by atoms with Crippen LogP contribution in [0.15, 0.2) is 47.2 Å². The molecule has 1 aromatic heterocycles. The first-order chi connectivity index (χ1) is 9.08. The Labute approximate surface area is 120 Å². The predicted octanol–water partition coefficient (Wildman–Crippen LogP) is 2.79. The summed E-state index contributed by atoms with van der Waals surface area (Å²) >= 11 is 3.27. The molecule has 1 atom stereocenters. The molecule has 2 rings (SSSR count). The smallest absolute Gasteiger partial charge is 0.245 e. The molecule has 0 spiro atoms. The zero-order valence-corrected chi connectivity index (χ0v) is 12.0. The molecule has 0 saturated heterocycles. The van der Waals surface area contributed by atoms with Crippen LogP contribution in [0.3, 0.4) is 0 Å². The van der Waals surface area contributed by atoms with Crippen molar-refractivity contribution in [3.05, 3.63) is 58.3 Å². The first-order valence-corrected chi connectivity index (χ1v) is 6.61. The summed E-state index contributed by atoms with van der Waals surface area (Å²) in [6.45, 7) is 1.99. The largest absolute Gasteiger partial charge is 0.322 e. The molecule has 1 amide bonds. The monoisotopic (exact) mass is 319 g/mol. The van der Waals surface area contributed by atoms with Crippen LogP contribution in [0.5, 0.6) is 0 Å². The number of nitrogens with one attached hydrogen (secondary N) is 1. The third-order valence-corrected chi connectivity index (χ3v) is 3.37. The van der Waals surface area contributed by atoms with E-state index in [9.17, 15) is 4.79 Å². The number of pyridine rings is 1. The summed E-state index contributed by atoms with van der Waals surface area (Å²) in [5.74, 6) is -0.266. The molecule has 1 heterocycles. The van der Waals surface area contributed by atoms with Crippen LogP contribution in [-0.4, -0.2) is 10.9 Å². The third-order valence-electron chi connectivity index (χ3n) is 2.74. The van der Waals surface area contributed by atoms with E-state index in [0.717, 1.165) is 11.1 Å². The van der Waals surface area contributed by atoms with Crippen LogP contribution in [0.25, 0.3) is 0 Å². The Morgan fingerprint density at radius 3 is 2.63 bits per heavy atom. The Balaban J connectivity index is 2.12. The van der Waals surface area contributed by atoms with Gasteiger partial charge in [-0.05, 0) is 40.5 Å². The van der Waals surface area contributed by atoms with E-state index in [2.05, 4.69) is 26.2 Å². The number of anilines is 1. The van der Waals surface area contributed by atoms with Crippen molar-refractivity contribution < 1.29 is 4.79 Å². The molecule has 0 saturated carbocycles. The summed E-state index contributed by atoms with van der Waals surface area (Å²) < 4.78 is 0.583. The number of amides is 1. The van der Waals surface area contributed by atoms with E-state index >= 15 is 0 Å². The second-order valence-electron chi connectivity index (χ2n) is 4.22. The van der Waals surface area contributed by atoms with E-state index < -0.39 is 6.04 Å². The maximum absolute atomic E-state index is 12.1. The molecule has 0 fully saturated rings. The van der Waals surface area contributed by atoms with E-state index in [4.69, 9.17) is 5.73 Å². The Bertz CT molecular complexity index is 583. The van der Waals surface area contributed by atoms with Crippen molar-refractivity contribution in [3.63, 3.8) is 0 Å². The number of carbonyl (C=O) groups is 1. The van der Waals surface area contributed by atoms with Crippen LogP contribution in [0.4, 0.5) is 5.69 Å². The van der Waals surface area contributed by atoms with Crippen molar-refractivity contribution in [2.24, 2.45) is 5.73 Å². The summed E-state index contributed by atoms with van der Waals surface area (Å²) in [7, 11) is 0. The van der Waals surface area contributed by atoms with Gasteiger partial charge in [-0.25, -0.2) is 4.98 Å². The summed E-state index contributed by atoms with van der Waals surface area (Å²) in [5, 5.41) is 2.75. The van der Waals surface area contributed by atoms with Crippen LogP contribution < -0.4 is 11.1 Å². The highest BCUT2D eigenvalue weighted by molar-refractivity contribution is 9.10. The molecule has 0 aliphatic rings. The number of nitrogens with two attached hydrogens (primary N) is 1.